The smallest absolute Gasteiger partial charge is 0 e. The average Bonchev–Trinajstić information content (AvgIpc) is 3.17. The Kier molecular flexibility index (Phi) is 14.6. The molecule has 0 aromatic heterocycles. The van der Waals surface area contributed by atoms with Gasteiger partial charge in [0.15, 0.2) is 0 Å². The van der Waals surface area contributed by atoms with Crippen LogP contribution in [0.4, 0.5) is 0 Å². The molecule has 0 bridgehead atoms. The van der Waals surface area contributed by atoms with Crippen molar-refractivity contribution in [1.82, 2.24) is 0 Å². The van der Waals surface area contributed by atoms with Crippen LogP contribution in [0, 0.1) is 116 Å². The first kappa shape index (κ1) is 19.1. The maximum atomic E-state index is 6.69. The first-order chi connectivity index (χ1) is 8.93. The Bertz CT molecular complexity index is 290. The Morgan fingerprint density at radius 1 is 0.579 bits per heavy atom. The van der Waals surface area contributed by atoms with E-state index in [1.807, 2.05) is 94.5 Å². The monoisotopic (exact) mass is 389 g/mol. The van der Waals surface area contributed by atoms with Crippen LogP contribution in [0.3, 0.4) is 0 Å². The summed E-state index contributed by atoms with van der Waals surface area (Å²) in [5.74, 6) is 2.28. The van der Waals surface area contributed by atoms with E-state index in [9.17, 15) is 0 Å². The maximum Gasteiger partial charge on any atom is 0 e. The van der Waals surface area contributed by atoms with Crippen molar-refractivity contribution in [2.45, 2.75) is 0 Å². The van der Waals surface area contributed by atoms with E-state index in [1.165, 1.54) is 0 Å². The topological polar surface area (TPSA) is 0 Å². The van der Waals surface area contributed by atoms with Crippen LogP contribution in [0.2, 0.25) is 0 Å². The van der Waals surface area contributed by atoms with Crippen molar-refractivity contribution in [3.05, 3.63) is 107 Å². The van der Waals surface area contributed by atoms with E-state index in [0.717, 1.165) is 5.56 Å². The van der Waals surface area contributed by atoms with Crippen LogP contribution in [0.15, 0.2) is 30.3 Å². The largest absolute Gasteiger partial charge is 0.366 e. The minimum absolute atomic E-state index is 0. The van der Waals surface area contributed by atoms with Gasteiger partial charge in [-0.25, -0.2) is 0 Å². The standard InChI is InChI=1S/C8H5.2C5H5.Gd/c1-2-8-6-4-3-5-7-8;2*1-2-4-5-3-1;/h3-7H;2*1-5H;/q-1;;;. The number of benzene rings is 1. The molecule has 1 heteroatoms. The predicted molar refractivity (Wildman–Crippen MR) is 75.7 cm³/mol. The van der Waals surface area contributed by atoms with Crippen molar-refractivity contribution in [1.29, 1.82) is 0 Å². The number of hydrogen-bond acceptors (Lipinski definition) is 0. The normalized spacial score (nSPS) is 15.9. The quantitative estimate of drug-likeness (QED) is 0.470. The molecule has 96 valence electrons. The molecule has 0 aliphatic heterocycles. The van der Waals surface area contributed by atoms with E-state index in [0.29, 0.717) is 0 Å². The predicted octanol–water partition coefficient (Wildman–Crippen LogP) is 3.67. The van der Waals surface area contributed by atoms with Gasteiger partial charge in [0.2, 0.25) is 0 Å². The zero-order valence-corrected chi connectivity index (χ0v) is 12.8. The fraction of sp³-hybridized carbons (Fsp3) is 0. The third-order valence-electron chi connectivity index (χ3n) is 2.03. The van der Waals surface area contributed by atoms with Gasteiger partial charge in [-0.1, -0.05) is 18.2 Å². The molecule has 0 atom stereocenters. The SMILES string of the molecule is [C-]#Cc1ccccc1.[CH]1[CH][CH][CH][CH]1.[CH]1[CH][CH][CH][CH]1.[Gd]. The van der Waals surface area contributed by atoms with Crippen molar-refractivity contribution in [2.75, 3.05) is 0 Å². The van der Waals surface area contributed by atoms with E-state index in [4.69, 9.17) is 6.42 Å². The molecule has 2 aliphatic rings. The Labute approximate surface area is 151 Å². The van der Waals surface area contributed by atoms with Gasteiger partial charge in [-0.2, -0.15) is 0 Å². The van der Waals surface area contributed by atoms with E-state index in [-0.39, 0.29) is 39.9 Å². The van der Waals surface area contributed by atoms with Gasteiger partial charge in [0.05, 0.1) is 0 Å². The molecule has 0 N–H and O–H groups in total. The molecule has 0 amide bonds. The Balaban J connectivity index is 0.000000259. The summed E-state index contributed by atoms with van der Waals surface area (Å²) in [7, 11) is 0. The summed E-state index contributed by atoms with van der Waals surface area (Å²) in [6.45, 7) is 0. The second-order valence-corrected chi connectivity index (χ2v) is 3.42. The maximum absolute atomic E-state index is 6.69. The van der Waals surface area contributed by atoms with E-state index in [1.54, 1.807) is 0 Å². The summed E-state index contributed by atoms with van der Waals surface area (Å²) in [4.78, 5) is 0. The number of hydrogen-bond donors (Lipinski definition) is 0. The van der Waals surface area contributed by atoms with Crippen LogP contribution in [0.5, 0.6) is 0 Å². The zero-order chi connectivity index (χ0) is 12.9. The molecule has 0 spiro atoms. The number of rotatable bonds is 0. The fourth-order valence-electron chi connectivity index (χ4n) is 1.16. The molecular formula is C18H15Gd-. The summed E-state index contributed by atoms with van der Waals surface area (Å²) in [5.41, 5.74) is 0.826. The van der Waals surface area contributed by atoms with E-state index >= 15 is 0 Å². The van der Waals surface area contributed by atoms with Crippen LogP contribution < -0.4 is 0 Å². The Morgan fingerprint density at radius 2 is 0.895 bits per heavy atom. The van der Waals surface area contributed by atoms with Gasteiger partial charge >= 0.3 is 0 Å². The molecule has 1 aromatic rings. The summed E-state index contributed by atoms with van der Waals surface area (Å²) in [6.07, 6.45) is 26.7. The molecule has 2 saturated carbocycles. The van der Waals surface area contributed by atoms with Gasteiger partial charge < -0.3 is 6.42 Å². The van der Waals surface area contributed by atoms with Crippen molar-refractivity contribution < 1.29 is 39.9 Å². The molecule has 0 nitrogen and oxygen atoms in total. The van der Waals surface area contributed by atoms with Crippen LogP contribution in [-0.4, -0.2) is 0 Å². The molecule has 2 aliphatic carbocycles. The van der Waals surface area contributed by atoms with Crippen LogP contribution in [0.1, 0.15) is 5.56 Å². The van der Waals surface area contributed by atoms with Crippen molar-refractivity contribution in [3.63, 3.8) is 0 Å². The van der Waals surface area contributed by atoms with Crippen LogP contribution in [0.25, 0.3) is 0 Å². The molecule has 1 aromatic carbocycles. The van der Waals surface area contributed by atoms with Crippen molar-refractivity contribution >= 4 is 0 Å². The van der Waals surface area contributed by atoms with Gasteiger partial charge in [-0.3, -0.25) is 5.92 Å². The minimum atomic E-state index is 0. The molecule has 0 saturated heterocycles. The van der Waals surface area contributed by atoms with Gasteiger partial charge in [-0.05, 0) is 64.2 Å². The summed E-state index contributed by atoms with van der Waals surface area (Å²) in [5, 5.41) is 0. The van der Waals surface area contributed by atoms with E-state index in [2.05, 4.69) is 5.92 Å². The van der Waals surface area contributed by atoms with Crippen LogP contribution in [-0.2, 0) is 0 Å². The molecule has 0 heterocycles. The fourth-order valence-corrected chi connectivity index (χ4v) is 1.16. The summed E-state index contributed by atoms with van der Waals surface area (Å²) in [6, 6.07) is 9.37. The molecule has 19 heavy (non-hydrogen) atoms. The van der Waals surface area contributed by atoms with Gasteiger partial charge in [-0.15, -0.1) is 17.7 Å². The molecule has 0 unspecified atom stereocenters. The molecule has 3 rings (SSSR count). The zero-order valence-electron chi connectivity index (χ0n) is 10.5. The van der Waals surface area contributed by atoms with Gasteiger partial charge in [0.1, 0.15) is 0 Å². The minimum Gasteiger partial charge on any atom is -0.366 e. The van der Waals surface area contributed by atoms with Gasteiger partial charge in [0, 0.05) is 39.9 Å². The Morgan fingerprint density at radius 3 is 1.11 bits per heavy atom. The third kappa shape index (κ3) is 11.6. The second-order valence-electron chi connectivity index (χ2n) is 3.42. The molecular weight excluding hydrogens is 373 g/mol. The first-order valence-electron chi connectivity index (χ1n) is 5.74. The average molecular weight is 389 g/mol. The van der Waals surface area contributed by atoms with Crippen LogP contribution >= 0.6 is 0 Å². The van der Waals surface area contributed by atoms with Gasteiger partial charge in [0.25, 0.3) is 0 Å². The summed E-state index contributed by atoms with van der Waals surface area (Å²) >= 11 is 0. The van der Waals surface area contributed by atoms with E-state index < -0.39 is 0 Å². The summed E-state index contributed by atoms with van der Waals surface area (Å²) < 4.78 is 0. The van der Waals surface area contributed by atoms with Crippen molar-refractivity contribution in [2.24, 2.45) is 0 Å². The second kappa shape index (κ2) is 14.5. The third-order valence-corrected chi connectivity index (χ3v) is 2.03. The van der Waals surface area contributed by atoms with Crippen molar-refractivity contribution in [3.8, 4) is 5.92 Å². The Hall–Kier alpha value is 0.105. The molecule has 2 fully saturated rings. The molecule has 10 radical (unpaired) electrons. The first-order valence-corrected chi connectivity index (χ1v) is 5.74.